The largest absolute Gasteiger partial charge is 0.393 e. The Bertz CT molecular complexity index is 750. The third-order valence-electron chi connectivity index (χ3n) is 12.4. The number of hydrogen-bond acceptors (Lipinski definition) is 2. The van der Waals surface area contributed by atoms with Crippen LogP contribution in [0.3, 0.4) is 0 Å². The Morgan fingerprint density at radius 2 is 1.71 bits per heavy atom. The van der Waals surface area contributed by atoms with Crippen molar-refractivity contribution < 1.29 is 10.2 Å². The Balaban J connectivity index is 1.38. The molecule has 0 saturated heterocycles. The fourth-order valence-corrected chi connectivity index (χ4v) is 10.7. The van der Waals surface area contributed by atoms with Gasteiger partial charge in [-0.1, -0.05) is 39.8 Å². The zero-order valence-corrected chi connectivity index (χ0v) is 21.1. The normalized spacial score (nSPS) is 54.6. The zero-order valence-electron chi connectivity index (χ0n) is 21.1. The average Bonchev–Trinajstić information content (AvgIpc) is 3.27. The summed E-state index contributed by atoms with van der Waals surface area (Å²) in [5.74, 6) is 3.69. The van der Waals surface area contributed by atoms with Crippen molar-refractivity contribution in [2.45, 2.75) is 117 Å². The molecule has 5 aliphatic carbocycles. The second-order valence-electron chi connectivity index (χ2n) is 13.9. The van der Waals surface area contributed by atoms with Crippen LogP contribution in [0.5, 0.6) is 0 Å². The summed E-state index contributed by atoms with van der Waals surface area (Å²) in [6.07, 6.45) is 17.5. The molecule has 0 aromatic carbocycles. The van der Waals surface area contributed by atoms with Crippen molar-refractivity contribution in [1.29, 1.82) is 0 Å². The van der Waals surface area contributed by atoms with E-state index in [4.69, 9.17) is 0 Å². The van der Waals surface area contributed by atoms with Crippen LogP contribution in [0.1, 0.15) is 106 Å². The molecule has 5 aliphatic rings. The molecule has 0 bridgehead atoms. The molecule has 0 amide bonds. The van der Waals surface area contributed by atoms with E-state index in [0.29, 0.717) is 33.5 Å². The van der Waals surface area contributed by atoms with Crippen LogP contribution in [0.4, 0.5) is 0 Å². The number of allylic oxidation sites excluding steroid dienone is 1. The topological polar surface area (TPSA) is 40.5 Å². The van der Waals surface area contributed by atoms with Crippen molar-refractivity contribution in [3.63, 3.8) is 0 Å². The molecule has 0 aromatic heterocycles. The number of fused-ring (bicyclic) bond motifs is 2. The highest BCUT2D eigenvalue weighted by molar-refractivity contribution is 5.29. The number of aliphatic hydroxyl groups is 2. The van der Waals surface area contributed by atoms with Gasteiger partial charge >= 0.3 is 0 Å². The summed E-state index contributed by atoms with van der Waals surface area (Å²) in [5, 5.41) is 20.6. The highest BCUT2D eigenvalue weighted by Gasteiger charge is 2.81. The lowest BCUT2D eigenvalue weighted by Crippen LogP contribution is -2.55. The van der Waals surface area contributed by atoms with Gasteiger partial charge in [0.1, 0.15) is 0 Å². The average molecular weight is 429 g/mol. The number of aliphatic hydroxyl groups excluding tert-OH is 1. The van der Waals surface area contributed by atoms with Crippen molar-refractivity contribution in [2.24, 2.45) is 51.2 Å². The summed E-state index contributed by atoms with van der Waals surface area (Å²) >= 11 is 0. The van der Waals surface area contributed by atoms with E-state index in [2.05, 4.69) is 33.8 Å². The number of rotatable bonds is 4. The summed E-state index contributed by atoms with van der Waals surface area (Å²) in [4.78, 5) is 0. The Labute approximate surface area is 191 Å². The minimum Gasteiger partial charge on any atom is -0.393 e. The first kappa shape index (κ1) is 22.5. The molecule has 2 N–H and O–H groups in total. The molecule has 0 radical (unpaired) electrons. The van der Waals surface area contributed by atoms with E-state index in [1.807, 2.05) is 19.9 Å². The van der Waals surface area contributed by atoms with E-state index in [1.54, 1.807) is 0 Å². The minimum atomic E-state index is -0.700. The summed E-state index contributed by atoms with van der Waals surface area (Å²) in [6, 6.07) is 0. The number of hydrogen-bond donors (Lipinski definition) is 2. The van der Waals surface area contributed by atoms with E-state index < -0.39 is 5.60 Å². The Morgan fingerprint density at radius 3 is 2.42 bits per heavy atom. The lowest BCUT2D eigenvalue weighted by atomic mass is 9.43. The van der Waals surface area contributed by atoms with Crippen LogP contribution < -0.4 is 0 Å². The third kappa shape index (κ3) is 2.89. The SMILES string of the molecule is CC(CC=CC(C)(C)O)C1CCC2(C)C3CCC4C(C)C(O)CCC45CC35CCC12C. The van der Waals surface area contributed by atoms with Crippen LogP contribution in [0.25, 0.3) is 0 Å². The maximum Gasteiger partial charge on any atom is 0.0771 e. The van der Waals surface area contributed by atoms with Crippen molar-refractivity contribution in [2.75, 3.05) is 0 Å². The first-order valence-corrected chi connectivity index (χ1v) is 13.5. The molecule has 0 aliphatic heterocycles. The summed E-state index contributed by atoms with van der Waals surface area (Å²) < 4.78 is 0. The summed E-state index contributed by atoms with van der Waals surface area (Å²) in [5.41, 5.74) is 1.43. The van der Waals surface area contributed by atoms with Crippen LogP contribution in [0.15, 0.2) is 12.2 Å². The molecule has 0 aromatic rings. The van der Waals surface area contributed by atoms with Crippen molar-refractivity contribution in [3.05, 3.63) is 12.2 Å². The lowest BCUT2D eigenvalue weighted by Gasteiger charge is -2.62. The predicted molar refractivity (Wildman–Crippen MR) is 127 cm³/mol. The van der Waals surface area contributed by atoms with Crippen LogP contribution >= 0.6 is 0 Å². The van der Waals surface area contributed by atoms with Crippen molar-refractivity contribution >= 4 is 0 Å². The molecule has 31 heavy (non-hydrogen) atoms. The first-order valence-electron chi connectivity index (χ1n) is 13.5. The molecular weight excluding hydrogens is 380 g/mol. The molecule has 2 heteroatoms. The molecule has 2 nitrogen and oxygen atoms in total. The fourth-order valence-electron chi connectivity index (χ4n) is 10.7. The first-order chi connectivity index (χ1) is 14.4. The van der Waals surface area contributed by atoms with Crippen molar-refractivity contribution in [1.82, 2.24) is 0 Å². The maximum atomic E-state index is 10.6. The molecule has 176 valence electrons. The van der Waals surface area contributed by atoms with Gasteiger partial charge in [0.15, 0.2) is 0 Å². The molecule has 10 atom stereocenters. The van der Waals surface area contributed by atoms with Gasteiger partial charge in [-0.3, -0.25) is 0 Å². The molecule has 10 unspecified atom stereocenters. The van der Waals surface area contributed by atoms with Crippen molar-refractivity contribution in [3.8, 4) is 0 Å². The van der Waals surface area contributed by atoms with E-state index in [0.717, 1.165) is 30.6 Å². The third-order valence-corrected chi connectivity index (χ3v) is 12.4. The summed E-state index contributed by atoms with van der Waals surface area (Å²) in [6.45, 7) is 13.9. The zero-order chi connectivity index (χ0) is 22.4. The fraction of sp³-hybridized carbons (Fsp3) is 0.931. The van der Waals surface area contributed by atoms with E-state index in [-0.39, 0.29) is 6.10 Å². The standard InChI is InChI=1S/C29H48O2/c1-19(8-7-13-25(3,4)31)21-11-14-27(6)24-10-9-22-20(2)23(30)12-15-28(22)18-29(24,28)17-16-26(21,27)5/h7,13,19-24,30-31H,8-12,14-18H2,1-6H3. The quantitative estimate of drug-likeness (QED) is 0.486. The predicted octanol–water partition coefficient (Wildman–Crippen LogP) is 6.75. The van der Waals surface area contributed by atoms with Gasteiger partial charge in [0.2, 0.25) is 0 Å². The van der Waals surface area contributed by atoms with Gasteiger partial charge in [-0.05, 0) is 129 Å². The van der Waals surface area contributed by atoms with Crippen LogP contribution in [0.2, 0.25) is 0 Å². The van der Waals surface area contributed by atoms with Gasteiger partial charge < -0.3 is 10.2 Å². The molecule has 5 rings (SSSR count). The highest BCUT2D eigenvalue weighted by Crippen LogP contribution is 2.88. The monoisotopic (exact) mass is 428 g/mol. The van der Waals surface area contributed by atoms with Crippen LogP contribution in [0, 0.1) is 51.2 Å². The second-order valence-corrected chi connectivity index (χ2v) is 13.9. The maximum absolute atomic E-state index is 10.6. The van der Waals surface area contributed by atoms with E-state index in [9.17, 15) is 10.2 Å². The van der Waals surface area contributed by atoms with E-state index >= 15 is 0 Å². The van der Waals surface area contributed by atoms with Crippen LogP contribution in [-0.4, -0.2) is 21.9 Å². The van der Waals surface area contributed by atoms with Gasteiger partial charge in [0, 0.05) is 0 Å². The van der Waals surface area contributed by atoms with Gasteiger partial charge in [0.25, 0.3) is 0 Å². The minimum absolute atomic E-state index is 0.0528. The molecule has 5 saturated carbocycles. The van der Waals surface area contributed by atoms with Gasteiger partial charge in [-0.2, -0.15) is 0 Å². The van der Waals surface area contributed by atoms with Gasteiger partial charge in [-0.25, -0.2) is 0 Å². The smallest absolute Gasteiger partial charge is 0.0771 e. The Morgan fingerprint density at radius 1 is 0.968 bits per heavy atom. The van der Waals surface area contributed by atoms with Gasteiger partial charge in [-0.15, -0.1) is 0 Å². The Hall–Kier alpha value is -0.340. The summed E-state index contributed by atoms with van der Waals surface area (Å²) in [7, 11) is 0. The van der Waals surface area contributed by atoms with Crippen LogP contribution in [-0.2, 0) is 0 Å². The lowest BCUT2D eigenvalue weighted by molar-refractivity contribution is -0.142. The molecule has 5 fully saturated rings. The second kappa shape index (κ2) is 6.84. The molecule has 2 spiro atoms. The molecular formula is C29H48O2. The van der Waals surface area contributed by atoms with E-state index in [1.165, 1.54) is 51.4 Å². The van der Waals surface area contributed by atoms with Gasteiger partial charge in [0.05, 0.1) is 11.7 Å². The highest BCUT2D eigenvalue weighted by atomic mass is 16.3. The molecule has 0 heterocycles. The Kier molecular flexibility index (Phi) is 4.96.